The lowest BCUT2D eigenvalue weighted by Gasteiger charge is -2.15. The SMILES string of the molecule is Cc1nccn1[C@H](C)c1ccc(N)cc1.Cl.Cl. The van der Waals surface area contributed by atoms with Gasteiger partial charge < -0.3 is 10.3 Å². The van der Waals surface area contributed by atoms with E-state index in [1.165, 1.54) is 5.56 Å². The van der Waals surface area contributed by atoms with Gasteiger partial charge in [-0.25, -0.2) is 4.98 Å². The molecular weight excluding hydrogens is 257 g/mol. The minimum absolute atomic E-state index is 0. The first-order valence-electron chi connectivity index (χ1n) is 5.03. The van der Waals surface area contributed by atoms with E-state index in [0.29, 0.717) is 6.04 Å². The summed E-state index contributed by atoms with van der Waals surface area (Å²) in [7, 11) is 0. The second-order valence-corrected chi connectivity index (χ2v) is 3.72. The van der Waals surface area contributed by atoms with Crippen LogP contribution in [0.25, 0.3) is 0 Å². The third kappa shape index (κ3) is 3.38. The second kappa shape index (κ2) is 6.52. The average molecular weight is 274 g/mol. The summed E-state index contributed by atoms with van der Waals surface area (Å²) in [6, 6.07) is 8.27. The van der Waals surface area contributed by atoms with E-state index in [9.17, 15) is 0 Å². The lowest BCUT2D eigenvalue weighted by atomic mass is 10.1. The topological polar surface area (TPSA) is 43.8 Å². The molecule has 0 aliphatic carbocycles. The molecule has 2 N–H and O–H groups in total. The van der Waals surface area contributed by atoms with Gasteiger partial charge in [0, 0.05) is 18.1 Å². The largest absolute Gasteiger partial charge is 0.399 e. The summed E-state index contributed by atoms with van der Waals surface area (Å²) in [6.07, 6.45) is 3.82. The average Bonchev–Trinajstić information content (AvgIpc) is 2.65. The van der Waals surface area contributed by atoms with Crippen molar-refractivity contribution in [3.05, 3.63) is 48.0 Å². The van der Waals surface area contributed by atoms with Crippen LogP contribution in [0.15, 0.2) is 36.7 Å². The van der Waals surface area contributed by atoms with Crippen molar-refractivity contribution in [1.29, 1.82) is 0 Å². The first-order chi connectivity index (χ1) is 7.18. The van der Waals surface area contributed by atoms with Crippen LogP contribution >= 0.6 is 24.8 Å². The van der Waals surface area contributed by atoms with Gasteiger partial charge in [0.1, 0.15) is 5.82 Å². The van der Waals surface area contributed by atoms with E-state index in [1.807, 2.05) is 31.5 Å². The number of imidazole rings is 1. The molecular formula is C12H17Cl2N3. The molecule has 2 rings (SSSR count). The number of aryl methyl sites for hydroxylation is 1. The highest BCUT2D eigenvalue weighted by molar-refractivity contribution is 5.85. The van der Waals surface area contributed by atoms with Gasteiger partial charge in [0.2, 0.25) is 0 Å². The predicted molar refractivity (Wildman–Crippen MR) is 76.1 cm³/mol. The Kier molecular flexibility index (Phi) is 6.07. The summed E-state index contributed by atoms with van der Waals surface area (Å²) in [5.41, 5.74) is 7.70. The molecule has 94 valence electrons. The lowest BCUT2D eigenvalue weighted by Crippen LogP contribution is -2.07. The van der Waals surface area contributed by atoms with Crippen LogP contribution in [-0.4, -0.2) is 9.55 Å². The molecule has 1 aromatic carbocycles. The van der Waals surface area contributed by atoms with Gasteiger partial charge in [-0.2, -0.15) is 0 Å². The number of hydrogen-bond donors (Lipinski definition) is 1. The highest BCUT2D eigenvalue weighted by atomic mass is 35.5. The summed E-state index contributed by atoms with van der Waals surface area (Å²) in [4.78, 5) is 4.22. The van der Waals surface area contributed by atoms with Gasteiger partial charge in [-0.3, -0.25) is 0 Å². The molecule has 1 aromatic heterocycles. The Labute approximate surface area is 114 Å². The molecule has 0 aliphatic heterocycles. The van der Waals surface area contributed by atoms with Crippen molar-refractivity contribution in [2.75, 3.05) is 5.73 Å². The number of nitrogen functional groups attached to an aromatic ring is 1. The number of rotatable bonds is 2. The Morgan fingerprint density at radius 3 is 2.24 bits per heavy atom. The fourth-order valence-corrected chi connectivity index (χ4v) is 1.73. The van der Waals surface area contributed by atoms with Crippen LogP contribution in [0.1, 0.15) is 24.4 Å². The first kappa shape index (κ1) is 15.8. The first-order valence-corrected chi connectivity index (χ1v) is 5.03. The minimum atomic E-state index is 0. The molecule has 0 fully saturated rings. The maximum absolute atomic E-state index is 5.66. The van der Waals surface area contributed by atoms with E-state index < -0.39 is 0 Å². The van der Waals surface area contributed by atoms with Crippen molar-refractivity contribution in [3.63, 3.8) is 0 Å². The van der Waals surface area contributed by atoms with Gasteiger partial charge >= 0.3 is 0 Å². The summed E-state index contributed by atoms with van der Waals surface area (Å²) in [5.74, 6) is 1.03. The molecule has 1 heterocycles. The second-order valence-electron chi connectivity index (χ2n) is 3.72. The predicted octanol–water partition coefficient (Wildman–Crippen LogP) is 3.23. The Morgan fingerprint density at radius 2 is 1.76 bits per heavy atom. The summed E-state index contributed by atoms with van der Waals surface area (Å²) in [6.45, 7) is 4.16. The van der Waals surface area contributed by atoms with Crippen molar-refractivity contribution < 1.29 is 0 Å². The van der Waals surface area contributed by atoms with E-state index in [1.54, 1.807) is 0 Å². The van der Waals surface area contributed by atoms with E-state index in [4.69, 9.17) is 5.73 Å². The van der Waals surface area contributed by atoms with Crippen LogP contribution in [0.3, 0.4) is 0 Å². The van der Waals surface area contributed by atoms with Crippen molar-refractivity contribution in [3.8, 4) is 0 Å². The molecule has 5 heteroatoms. The summed E-state index contributed by atoms with van der Waals surface area (Å²) in [5, 5.41) is 0. The number of anilines is 1. The summed E-state index contributed by atoms with van der Waals surface area (Å²) < 4.78 is 2.14. The van der Waals surface area contributed by atoms with Crippen LogP contribution in [0.4, 0.5) is 5.69 Å². The Balaban J connectivity index is 0.00000128. The zero-order valence-electron chi connectivity index (χ0n) is 9.83. The third-order valence-corrected chi connectivity index (χ3v) is 2.70. The number of hydrogen-bond acceptors (Lipinski definition) is 2. The van der Waals surface area contributed by atoms with Crippen LogP contribution in [0, 0.1) is 6.92 Å². The van der Waals surface area contributed by atoms with Gasteiger partial charge in [-0.1, -0.05) is 12.1 Å². The van der Waals surface area contributed by atoms with E-state index in [0.717, 1.165) is 11.5 Å². The van der Waals surface area contributed by atoms with Crippen LogP contribution < -0.4 is 5.73 Å². The molecule has 0 amide bonds. The smallest absolute Gasteiger partial charge is 0.106 e. The van der Waals surface area contributed by atoms with Crippen molar-refractivity contribution in [2.24, 2.45) is 0 Å². The van der Waals surface area contributed by atoms with Crippen molar-refractivity contribution >= 4 is 30.5 Å². The number of nitrogens with two attached hydrogens (primary N) is 1. The monoisotopic (exact) mass is 273 g/mol. The van der Waals surface area contributed by atoms with Crippen molar-refractivity contribution in [2.45, 2.75) is 19.9 Å². The standard InChI is InChI=1S/C12H15N3.2ClH/c1-9(15-8-7-14-10(15)2)11-3-5-12(13)6-4-11;;/h3-9H,13H2,1-2H3;2*1H/t9-;;/m1../s1. The Hall–Kier alpha value is -1.19. The molecule has 3 nitrogen and oxygen atoms in total. The highest BCUT2D eigenvalue weighted by Gasteiger charge is 2.08. The van der Waals surface area contributed by atoms with Gasteiger partial charge in [0.15, 0.2) is 0 Å². The number of aromatic nitrogens is 2. The number of benzene rings is 1. The molecule has 0 bridgehead atoms. The summed E-state index contributed by atoms with van der Waals surface area (Å²) >= 11 is 0. The highest BCUT2D eigenvalue weighted by Crippen LogP contribution is 2.19. The Morgan fingerprint density at radius 1 is 1.18 bits per heavy atom. The van der Waals surface area contributed by atoms with Gasteiger partial charge in [-0.05, 0) is 31.5 Å². The molecule has 0 saturated carbocycles. The van der Waals surface area contributed by atoms with Crippen LogP contribution in [-0.2, 0) is 0 Å². The molecule has 0 unspecified atom stereocenters. The van der Waals surface area contributed by atoms with E-state index in [2.05, 4.69) is 28.6 Å². The zero-order valence-corrected chi connectivity index (χ0v) is 11.5. The third-order valence-electron chi connectivity index (χ3n) is 2.70. The number of nitrogens with zero attached hydrogens (tertiary/aromatic N) is 2. The number of halogens is 2. The van der Waals surface area contributed by atoms with Gasteiger partial charge in [0.25, 0.3) is 0 Å². The van der Waals surface area contributed by atoms with E-state index in [-0.39, 0.29) is 24.8 Å². The molecule has 2 aromatic rings. The zero-order chi connectivity index (χ0) is 10.8. The maximum Gasteiger partial charge on any atom is 0.106 e. The molecule has 0 saturated heterocycles. The normalized spacial score (nSPS) is 11.2. The van der Waals surface area contributed by atoms with E-state index >= 15 is 0 Å². The molecule has 0 spiro atoms. The Bertz CT molecular complexity index is 451. The van der Waals surface area contributed by atoms with Crippen LogP contribution in [0.5, 0.6) is 0 Å². The minimum Gasteiger partial charge on any atom is -0.399 e. The lowest BCUT2D eigenvalue weighted by molar-refractivity contribution is 0.619. The molecule has 1 atom stereocenters. The fourth-order valence-electron chi connectivity index (χ4n) is 1.73. The quantitative estimate of drug-likeness (QED) is 0.854. The fraction of sp³-hybridized carbons (Fsp3) is 0.250. The van der Waals surface area contributed by atoms with Crippen LogP contribution in [0.2, 0.25) is 0 Å². The maximum atomic E-state index is 5.66. The van der Waals surface area contributed by atoms with Gasteiger partial charge in [0.05, 0.1) is 6.04 Å². The van der Waals surface area contributed by atoms with Gasteiger partial charge in [-0.15, -0.1) is 24.8 Å². The molecule has 17 heavy (non-hydrogen) atoms. The van der Waals surface area contributed by atoms with Crippen molar-refractivity contribution in [1.82, 2.24) is 9.55 Å². The molecule has 0 radical (unpaired) electrons. The molecule has 0 aliphatic rings.